The maximum absolute atomic E-state index is 11.4. The predicted octanol–water partition coefficient (Wildman–Crippen LogP) is 5.26. The molecular weight excluding hydrogens is 420 g/mol. The summed E-state index contributed by atoms with van der Waals surface area (Å²) < 4.78 is 16.7. The van der Waals surface area contributed by atoms with Crippen LogP contribution in [0.2, 0.25) is 5.02 Å². The van der Waals surface area contributed by atoms with Gasteiger partial charge < -0.3 is 19.3 Å². The Morgan fingerprint density at radius 3 is 2.55 bits per heavy atom. The van der Waals surface area contributed by atoms with Gasteiger partial charge >= 0.3 is 11.9 Å². The number of carbonyl (C=O) groups excluding carboxylic acids is 2. The highest BCUT2D eigenvalue weighted by atomic mass is 35.5. The topological polar surface area (TPSA) is 82.1 Å². The van der Waals surface area contributed by atoms with Crippen LogP contribution in [0.4, 0.5) is 0 Å². The van der Waals surface area contributed by atoms with Gasteiger partial charge in [-0.2, -0.15) is 0 Å². The van der Waals surface area contributed by atoms with Crippen LogP contribution < -0.4 is 0 Å². The maximum Gasteiger partial charge on any atom is 0.313 e. The number of hydrogen-bond acceptors (Lipinski definition) is 6. The summed E-state index contributed by atoms with van der Waals surface area (Å²) in [5, 5.41) is 10.9. The number of ether oxygens (including phenoxy) is 3. The average Bonchev–Trinajstić information content (AvgIpc) is 2.74. The molecule has 0 saturated carbocycles. The molecule has 0 aliphatic carbocycles. The molecule has 1 N–H and O–H groups in total. The molecule has 1 aliphatic heterocycles. The minimum Gasteiger partial charge on any atom is -0.508 e. The van der Waals surface area contributed by atoms with Crippen LogP contribution in [-0.2, 0) is 23.8 Å². The molecule has 0 radical (unpaired) electrons. The Morgan fingerprint density at radius 1 is 1.13 bits per heavy atom. The molecule has 1 saturated heterocycles. The molecule has 6 nitrogen and oxygen atoms in total. The third-order valence-electron chi connectivity index (χ3n) is 4.94. The number of benzene rings is 2. The summed E-state index contributed by atoms with van der Waals surface area (Å²) in [4.78, 5) is 22.2. The van der Waals surface area contributed by atoms with Crippen LogP contribution in [0.15, 0.2) is 60.7 Å². The second kappa shape index (κ2) is 11.1. The van der Waals surface area contributed by atoms with Crippen LogP contribution >= 0.6 is 11.6 Å². The van der Waals surface area contributed by atoms with Crippen LogP contribution in [0, 0.1) is 5.92 Å². The molecule has 1 unspecified atom stereocenters. The molecular formula is C24H25ClO6. The molecule has 1 fully saturated rings. The summed E-state index contributed by atoms with van der Waals surface area (Å²) in [5.41, 5.74) is 1.42. The number of phenolic OH excluding ortho intramolecular Hbond substituents is 1. The monoisotopic (exact) mass is 444 g/mol. The molecule has 0 aromatic heterocycles. The zero-order chi connectivity index (χ0) is 22.2. The predicted molar refractivity (Wildman–Crippen MR) is 115 cm³/mol. The number of phenols is 1. The largest absolute Gasteiger partial charge is 0.508 e. The lowest BCUT2D eigenvalue weighted by molar-refractivity contribution is -0.244. The van der Waals surface area contributed by atoms with Crippen molar-refractivity contribution in [2.75, 3.05) is 6.61 Å². The minimum atomic E-state index is -0.639. The highest BCUT2D eigenvalue weighted by molar-refractivity contribution is 6.31. The minimum absolute atomic E-state index is 0.0486. The Labute approximate surface area is 186 Å². The molecule has 0 spiro atoms. The molecule has 3 rings (SSSR count). The lowest BCUT2D eigenvalue weighted by Crippen LogP contribution is -2.30. The summed E-state index contributed by atoms with van der Waals surface area (Å²) in [6.07, 6.45) is 3.99. The van der Waals surface area contributed by atoms with Crippen molar-refractivity contribution in [3.63, 3.8) is 0 Å². The van der Waals surface area contributed by atoms with Gasteiger partial charge in [-0.15, -0.1) is 0 Å². The standard InChI is InChI=1S/C24H25ClO6/c1-16(26)30-22(28)14-4-2-3-9-17-15-29-24(18-10-5-7-12-20(18)25)31-23(17)19-11-6-8-13-21(19)27/h2-3,5-8,10-13,17,23-24,27H,4,9,14-15H2,1H3/t17-,23+,24?/m1/s1. The van der Waals surface area contributed by atoms with Gasteiger partial charge in [-0.3, -0.25) is 9.59 Å². The summed E-state index contributed by atoms with van der Waals surface area (Å²) in [6, 6.07) is 14.4. The molecule has 3 atom stereocenters. The van der Waals surface area contributed by atoms with Crippen molar-refractivity contribution in [3.05, 3.63) is 76.8 Å². The first-order chi connectivity index (χ1) is 15.0. The molecule has 2 aromatic carbocycles. The second-order valence-electron chi connectivity index (χ2n) is 7.27. The number of halogens is 1. The molecule has 0 bridgehead atoms. The zero-order valence-corrected chi connectivity index (χ0v) is 18.0. The van der Waals surface area contributed by atoms with Gasteiger partial charge in [0.05, 0.1) is 12.7 Å². The Bertz CT molecular complexity index is 941. The number of allylic oxidation sites excluding steroid dienone is 2. The number of rotatable bonds is 7. The van der Waals surface area contributed by atoms with Crippen molar-refractivity contribution in [3.8, 4) is 5.75 Å². The van der Waals surface area contributed by atoms with E-state index in [2.05, 4.69) is 4.74 Å². The van der Waals surface area contributed by atoms with Crippen LogP contribution in [0.1, 0.15) is 49.7 Å². The van der Waals surface area contributed by atoms with Gasteiger partial charge in [0.1, 0.15) is 5.75 Å². The molecule has 1 aliphatic rings. The SMILES string of the molecule is CC(=O)OC(=O)CCC=CC[C@@H]1COC(c2ccccc2Cl)O[C@@H]1c1ccccc1O. The van der Waals surface area contributed by atoms with Gasteiger partial charge in [0.2, 0.25) is 0 Å². The summed E-state index contributed by atoms with van der Waals surface area (Å²) in [5.74, 6) is -1.04. The van der Waals surface area contributed by atoms with E-state index < -0.39 is 24.3 Å². The number of esters is 2. The highest BCUT2D eigenvalue weighted by Crippen LogP contribution is 2.43. The zero-order valence-electron chi connectivity index (χ0n) is 17.2. The van der Waals surface area contributed by atoms with E-state index in [0.29, 0.717) is 30.0 Å². The van der Waals surface area contributed by atoms with Gasteiger partial charge in [-0.05, 0) is 25.0 Å². The first kappa shape index (κ1) is 23.0. The van der Waals surface area contributed by atoms with Crippen molar-refractivity contribution < 1.29 is 28.9 Å². The van der Waals surface area contributed by atoms with Gasteiger partial charge in [-0.1, -0.05) is 60.2 Å². The molecule has 31 heavy (non-hydrogen) atoms. The van der Waals surface area contributed by atoms with E-state index in [1.54, 1.807) is 18.2 Å². The van der Waals surface area contributed by atoms with Gasteiger partial charge in [0.25, 0.3) is 0 Å². The Balaban J connectivity index is 1.68. The summed E-state index contributed by atoms with van der Waals surface area (Å²) in [7, 11) is 0. The molecule has 7 heteroatoms. The van der Waals surface area contributed by atoms with Crippen LogP contribution in [0.25, 0.3) is 0 Å². The molecule has 2 aromatic rings. The van der Waals surface area contributed by atoms with E-state index in [-0.39, 0.29) is 18.1 Å². The van der Waals surface area contributed by atoms with E-state index in [1.165, 1.54) is 6.92 Å². The molecule has 1 heterocycles. The fourth-order valence-electron chi connectivity index (χ4n) is 3.46. The van der Waals surface area contributed by atoms with Crippen LogP contribution in [-0.4, -0.2) is 23.7 Å². The second-order valence-corrected chi connectivity index (χ2v) is 7.68. The summed E-state index contributed by atoms with van der Waals surface area (Å²) >= 11 is 6.31. The van der Waals surface area contributed by atoms with E-state index in [1.807, 2.05) is 42.5 Å². The van der Waals surface area contributed by atoms with Crippen molar-refractivity contribution >= 4 is 23.5 Å². The number of aromatic hydroxyl groups is 1. The Kier molecular flexibility index (Phi) is 8.23. The van der Waals surface area contributed by atoms with E-state index >= 15 is 0 Å². The van der Waals surface area contributed by atoms with Crippen molar-refractivity contribution in [2.24, 2.45) is 5.92 Å². The quantitative estimate of drug-likeness (QED) is 0.356. The van der Waals surface area contributed by atoms with Crippen LogP contribution in [0.5, 0.6) is 5.75 Å². The number of carbonyl (C=O) groups is 2. The lowest BCUT2D eigenvalue weighted by atomic mass is 9.91. The van der Waals surface area contributed by atoms with E-state index in [4.69, 9.17) is 21.1 Å². The van der Waals surface area contributed by atoms with Crippen molar-refractivity contribution in [1.29, 1.82) is 0 Å². The highest BCUT2D eigenvalue weighted by Gasteiger charge is 2.35. The fraction of sp³-hybridized carbons (Fsp3) is 0.333. The Morgan fingerprint density at radius 2 is 1.84 bits per heavy atom. The molecule has 0 amide bonds. The van der Waals surface area contributed by atoms with E-state index in [9.17, 15) is 14.7 Å². The number of hydrogen-bond donors (Lipinski definition) is 1. The summed E-state index contributed by atoms with van der Waals surface area (Å²) in [6.45, 7) is 1.61. The van der Waals surface area contributed by atoms with Crippen LogP contribution in [0.3, 0.4) is 0 Å². The third-order valence-corrected chi connectivity index (χ3v) is 5.28. The maximum atomic E-state index is 11.4. The fourth-order valence-corrected chi connectivity index (χ4v) is 3.68. The van der Waals surface area contributed by atoms with Crippen molar-refractivity contribution in [2.45, 2.75) is 38.6 Å². The van der Waals surface area contributed by atoms with Gasteiger partial charge in [-0.25, -0.2) is 0 Å². The first-order valence-electron chi connectivity index (χ1n) is 10.1. The van der Waals surface area contributed by atoms with Crippen molar-refractivity contribution in [1.82, 2.24) is 0 Å². The number of para-hydroxylation sites is 1. The average molecular weight is 445 g/mol. The Hall–Kier alpha value is -2.67. The van der Waals surface area contributed by atoms with Gasteiger partial charge in [0.15, 0.2) is 6.29 Å². The third kappa shape index (κ3) is 6.40. The first-order valence-corrected chi connectivity index (χ1v) is 10.5. The van der Waals surface area contributed by atoms with Gasteiger partial charge in [0, 0.05) is 35.4 Å². The van der Waals surface area contributed by atoms with E-state index in [0.717, 1.165) is 5.56 Å². The molecule has 164 valence electrons. The normalized spacial score (nSPS) is 21.2. The smallest absolute Gasteiger partial charge is 0.313 e. The lowest BCUT2D eigenvalue weighted by Gasteiger charge is -2.37.